The lowest BCUT2D eigenvalue weighted by molar-refractivity contribution is -0.119. The van der Waals surface area contributed by atoms with Gasteiger partial charge in [-0.15, -0.1) is 0 Å². The van der Waals surface area contributed by atoms with Crippen molar-refractivity contribution in [1.82, 2.24) is 0 Å². The van der Waals surface area contributed by atoms with E-state index in [4.69, 9.17) is 15.7 Å². The summed E-state index contributed by atoms with van der Waals surface area (Å²) in [7, 11) is 1.51. The van der Waals surface area contributed by atoms with E-state index in [-0.39, 0.29) is 17.7 Å². The van der Waals surface area contributed by atoms with Gasteiger partial charge in [-0.2, -0.15) is 11.8 Å². The molecule has 1 saturated heterocycles. The molecule has 0 saturated carbocycles. The van der Waals surface area contributed by atoms with E-state index in [0.29, 0.717) is 17.0 Å². The summed E-state index contributed by atoms with van der Waals surface area (Å²) in [5, 5.41) is 14.5. The van der Waals surface area contributed by atoms with Gasteiger partial charge in [0.25, 0.3) is 0 Å². The maximum Gasteiger partial charge on any atom is 0.228 e. The molecule has 7 heteroatoms. The summed E-state index contributed by atoms with van der Waals surface area (Å²) in [5.74, 6) is 2.41. The zero-order valence-electron chi connectivity index (χ0n) is 11.1. The van der Waals surface area contributed by atoms with Crippen molar-refractivity contribution in [3.63, 3.8) is 0 Å². The average molecular weight is 295 g/mol. The number of hydrogen-bond acceptors (Lipinski definition) is 5. The first-order chi connectivity index (χ1) is 9.65. The quantitative estimate of drug-likeness (QED) is 0.338. The van der Waals surface area contributed by atoms with Crippen LogP contribution in [0.25, 0.3) is 0 Å². The molecule has 1 aromatic rings. The number of nitrogens with zero attached hydrogens (tertiary/aromatic N) is 1. The lowest BCUT2D eigenvalue weighted by atomic mass is 10.1. The van der Waals surface area contributed by atoms with Gasteiger partial charge in [0.1, 0.15) is 5.75 Å². The molecule has 108 valence electrons. The second-order valence-corrected chi connectivity index (χ2v) is 5.60. The number of rotatable bonds is 4. The predicted octanol–water partition coefficient (Wildman–Crippen LogP) is 1.48. The van der Waals surface area contributed by atoms with Crippen LogP contribution in [-0.4, -0.2) is 35.6 Å². The molecule has 1 aromatic carbocycles. The summed E-state index contributed by atoms with van der Waals surface area (Å²) in [5.41, 5.74) is 6.64. The van der Waals surface area contributed by atoms with E-state index in [1.165, 1.54) is 7.11 Å². The molecule has 1 amide bonds. The Morgan fingerprint density at radius 2 is 2.40 bits per heavy atom. The van der Waals surface area contributed by atoms with Crippen LogP contribution < -0.4 is 15.8 Å². The Labute approximate surface area is 121 Å². The highest BCUT2D eigenvalue weighted by molar-refractivity contribution is 7.99. The highest BCUT2D eigenvalue weighted by atomic mass is 32.2. The second kappa shape index (κ2) is 6.51. The predicted molar refractivity (Wildman–Crippen MR) is 79.6 cm³/mol. The van der Waals surface area contributed by atoms with Crippen molar-refractivity contribution in [3.8, 4) is 5.75 Å². The maximum atomic E-state index is 12.1. The van der Waals surface area contributed by atoms with Gasteiger partial charge in [0.05, 0.1) is 12.8 Å². The summed E-state index contributed by atoms with van der Waals surface area (Å²) in [4.78, 5) is 12.1. The Balaban J connectivity index is 2.17. The largest absolute Gasteiger partial charge is 0.495 e. The maximum absolute atomic E-state index is 12.1. The molecule has 2 rings (SSSR count). The molecule has 1 heterocycles. The van der Waals surface area contributed by atoms with Crippen molar-refractivity contribution >= 4 is 29.2 Å². The van der Waals surface area contributed by atoms with Crippen molar-refractivity contribution in [2.75, 3.05) is 23.9 Å². The topological polar surface area (TPSA) is 96.9 Å². The van der Waals surface area contributed by atoms with E-state index in [1.54, 1.807) is 30.0 Å². The molecule has 0 aromatic heterocycles. The fourth-order valence-electron chi connectivity index (χ4n) is 1.99. The highest BCUT2D eigenvalue weighted by Crippen LogP contribution is 2.29. The zero-order valence-corrected chi connectivity index (χ0v) is 11.9. The first-order valence-electron chi connectivity index (χ1n) is 6.20. The smallest absolute Gasteiger partial charge is 0.228 e. The molecule has 6 nitrogen and oxygen atoms in total. The van der Waals surface area contributed by atoms with Gasteiger partial charge in [-0.3, -0.25) is 4.79 Å². The molecule has 1 fully saturated rings. The third kappa shape index (κ3) is 3.16. The molecular formula is C13H17N3O3S. The number of benzene rings is 1. The van der Waals surface area contributed by atoms with Crippen LogP contribution in [0, 0.1) is 5.92 Å². The van der Waals surface area contributed by atoms with Crippen LogP contribution in [0.3, 0.4) is 0 Å². The molecule has 1 aliphatic rings. The summed E-state index contributed by atoms with van der Waals surface area (Å²) in [6.07, 6.45) is 0.904. The van der Waals surface area contributed by atoms with E-state index < -0.39 is 0 Å². The summed E-state index contributed by atoms with van der Waals surface area (Å²) >= 11 is 1.79. The van der Waals surface area contributed by atoms with E-state index in [9.17, 15) is 4.79 Å². The molecule has 4 N–H and O–H groups in total. The molecule has 1 aliphatic heterocycles. The van der Waals surface area contributed by atoms with Crippen LogP contribution in [0.5, 0.6) is 5.75 Å². The van der Waals surface area contributed by atoms with Crippen LogP contribution in [0.1, 0.15) is 12.0 Å². The van der Waals surface area contributed by atoms with Crippen molar-refractivity contribution in [1.29, 1.82) is 0 Å². The Hall–Kier alpha value is -1.89. The minimum absolute atomic E-state index is 0.00449. The molecule has 0 aliphatic carbocycles. The molecule has 0 radical (unpaired) electrons. The molecular weight excluding hydrogens is 278 g/mol. The van der Waals surface area contributed by atoms with Crippen LogP contribution >= 0.6 is 11.8 Å². The standard InChI is InChI=1S/C13H17N3O3S/c1-19-11-6-8(12(14)16-18)2-3-10(11)15-13(17)9-4-5-20-7-9/h2-3,6,9,18H,4-5,7H2,1H3,(H2,14,16)(H,15,17). The van der Waals surface area contributed by atoms with E-state index in [0.717, 1.165) is 17.9 Å². The van der Waals surface area contributed by atoms with Gasteiger partial charge in [-0.05, 0) is 30.4 Å². The van der Waals surface area contributed by atoms with Crippen LogP contribution in [-0.2, 0) is 4.79 Å². The normalized spacial score (nSPS) is 18.9. The second-order valence-electron chi connectivity index (χ2n) is 4.45. The van der Waals surface area contributed by atoms with Crippen molar-refractivity contribution < 1.29 is 14.7 Å². The van der Waals surface area contributed by atoms with Gasteiger partial charge in [0.15, 0.2) is 5.84 Å². The number of ether oxygens (including phenoxy) is 1. The van der Waals surface area contributed by atoms with Gasteiger partial charge >= 0.3 is 0 Å². The summed E-state index contributed by atoms with van der Waals surface area (Å²) in [6.45, 7) is 0. The number of hydrogen-bond donors (Lipinski definition) is 3. The fourth-order valence-corrected chi connectivity index (χ4v) is 3.21. The van der Waals surface area contributed by atoms with Gasteiger partial charge in [0.2, 0.25) is 5.91 Å². The lowest BCUT2D eigenvalue weighted by Crippen LogP contribution is -2.22. The highest BCUT2D eigenvalue weighted by Gasteiger charge is 2.24. The first kappa shape index (κ1) is 14.5. The number of carbonyl (C=O) groups is 1. The number of amidine groups is 1. The van der Waals surface area contributed by atoms with E-state index in [1.807, 2.05) is 0 Å². The first-order valence-corrected chi connectivity index (χ1v) is 7.35. The lowest BCUT2D eigenvalue weighted by Gasteiger charge is -2.14. The summed E-state index contributed by atoms with van der Waals surface area (Å²) in [6, 6.07) is 4.97. The van der Waals surface area contributed by atoms with E-state index >= 15 is 0 Å². The Morgan fingerprint density at radius 1 is 1.60 bits per heavy atom. The monoisotopic (exact) mass is 295 g/mol. The van der Waals surface area contributed by atoms with Gasteiger partial charge < -0.3 is 21.0 Å². The molecule has 1 unspecified atom stereocenters. The van der Waals surface area contributed by atoms with Gasteiger partial charge in [-0.1, -0.05) is 5.16 Å². The Bertz CT molecular complexity index is 528. The molecule has 1 atom stereocenters. The number of anilines is 1. The minimum Gasteiger partial charge on any atom is -0.495 e. The Morgan fingerprint density at radius 3 is 3.00 bits per heavy atom. The minimum atomic E-state index is -0.00614. The van der Waals surface area contributed by atoms with Crippen LogP contribution in [0.15, 0.2) is 23.4 Å². The van der Waals surface area contributed by atoms with Crippen LogP contribution in [0.2, 0.25) is 0 Å². The van der Waals surface area contributed by atoms with Crippen molar-refractivity contribution in [2.45, 2.75) is 6.42 Å². The number of nitrogens with two attached hydrogens (primary N) is 1. The van der Waals surface area contributed by atoms with Crippen molar-refractivity contribution in [2.24, 2.45) is 16.8 Å². The third-order valence-electron chi connectivity index (χ3n) is 3.16. The fraction of sp³-hybridized carbons (Fsp3) is 0.385. The average Bonchev–Trinajstić information content (AvgIpc) is 3.01. The summed E-state index contributed by atoms with van der Waals surface area (Å²) < 4.78 is 5.23. The van der Waals surface area contributed by atoms with E-state index in [2.05, 4.69) is 10.5 Å². The number of thioether (sulfide) groups is 1. The third-order valence-corrected chi connectivity index (χ3v) is 4.33. The number of carbonyl (C=O) groups excluding carboxylic acids is 1. The number of methoxy groups -OCH3 is 1. The number of nitrogens with one attached hydrogen (secondary N) is 1. The van der Waals surface area contributed by atoms with Crippen LogP contribution in [0.4, 0.5) is 5.69 Å². The molecule has 0 spiro atoms. The van der Waals surface area contributed by atoms with Gasteiger partial charge in [0, 0.05) is 17.2 Å². The molecule has 0 bridgehead atoms. The molecule has 20 heavy (non-hydrogen) atoms. The number of oxime groups is 1. The SMILES string of the molecule is COc1cc(/C(N)=N/O)ccc1NC(=O)C1CCSC1. The number of amides is 1. The zero-order chi connectivity index (χ0) is 14.5. The van der Waals surface area contributed by atoms with Gasteiger partial charge in [-0.25, -0.2) is 0 Å². The Kier molecular flexibility index (Phi) is 4.73. The van der Waals surface area contributed by atoms with Crippen molar-refractivity contribution in [3.05, 3.63) is 23.8 Å².